The first-order valence-electron chi connectivity index (χ1n) is 16.9. The quantitative estimate of drug-likeness (QED) is 0.196. The number of aromatic nitrogens is 1. The molecule has 1 aliphatic heterocycles. The Morgan fingerprint density at radius 2 is 1.22 bits per heavy atom. The summed E-state index contributed by atoms with van der Waals surface area (Å²) in [6.45, 7) is 0. The lowest BCUT2D eigenvalue weighted by atomic mass is 9.97. The van der Waals surface area contributed by atoms with Crippen LogP contribution in [0.25, 0.3) is 58.8 Å². The first kappa shape index (κ1) is 28.7. The summed E-state index contributed by atoms with van der Waals surface area (Å²) in [5, 5.41) is 8.58. The molecule has 4 nitrogen and oxygen atoms in total. The largest absolute Gasteiger partial charge is 0.344 e. The van der Waals surface area contributed by atoms with E-state index in [1.54, 1.807) is 0 Å². The standard InChI is InChI=1S/C45H30N4S/c1-4-14-29(15-5-1)43-46-44(30-16-6-2-7-17-30)48-45(47-43)36-23-12-22-34-37-28-31(26-27-40(37)50-42(34)36)33-21-13-25-39-41(33)35-20-10-11-24-38(35)49(39)32-18-8-3-9-19-32/h1-28,43H,(H,46,47,48). The van der Waals surface area contributed by atoms with Gasteiger partial charge in [-0.1, -0.05) is 127 Å². The smallest absolute Gasteiger partial charge is 0.160 e. The van der Waals surface area contributed by atoms with Gasteiger partial charge >= 0.3 is 0 Å². The zero-order valence-electron chi connectivity index (χ0n) is 27.0. The lowest BCUT2D eigenvalue weighted by Gasteiger charge is -2.23. The molecule has 236 valence electrons. The number of aliphatic imine (C=N–C) groups is 2. The lowest BCUT2D eigenvalue weighted by molar-refractivity contribution is 0.674. The van der Waals surface area contributed by atoms with Crippen LogP contribution in [0.3, 0.4) is 0 Å². The molecule has 0 bridgehead atoms. The van der Waals surface area contributed by atoms with E-state index in [1.807, 2.05) is 35.6 Å². The zero-order chi connectivity index (χ0) is 33.0. The van der Waals surface area contributed by atoms with Crippen LogP contribution in [-0.4, -0.2) is 16.2 Å². The van der Waals surface area contributed by atoms with Crippen molar-refractivity contribution in [2.24, 2.45) is 9.98 Å². The number of benzene rings is 7. The van der Waals surface area contributed by atoms with Crippen LogP contribution >= 0.6 is 11.3 Å². The molecule has 0 aliphatic carbocycles. The van der Waals surface area contributed by atoms with Crippen LogP contribution in [0.1, 0.15) is 22.9 Å². The Balaban J connectivity index is 1.15. The average molecular weight is 659 g/mol. The van der Waals surface area contributed by atoms with E-state index in [-0.39, 0.29) is 6.17 Å². The summed E-state index contributed by atoms with van der Waals surface area (Å²) in [5.74, 6) is 1.57. The minimum absolute atomic E-state index is 0.242. The number of fused-ring (bicyclic) bond motifs is 6. The molecule has 3 heterocycles. The second-order valence-electron chi connectivity index (χ2n) is 12.6. The van der Waals surface area contributed by atoms with Gasteiger partial charge in [0.2, 0.25) is 0 Å². The van der Waals surface area contributed by atoms with Crippen LogP contribution < -0.4 is 5.32 Å². The summed E-state index contributed by atoms with van der Waals surface area (Å²) in [5.41, 5.74) is 9.20. The predicted octanol–water partition coefficient (Wildman–Crippen LogP) is 11.3. The number of hydrogen-bond acceptors (Lipinski definition) is 4. The zero-order valence-corrected chi connectivity index (χ0v) is 27.8. The molecule has 1 atom stereocenters. The fourth-order valence-corrected chi connectivity index (χ4v) is 8.57. The summed E-state index contributed by atoms with van der Waals surface area (Å²) in [7, 11) is 0. The molecular weight excluding hydrogens is 629 g/mol. The molecule has 5 heteroatoms. The van der Waals surface area contributed by atoms with Crippen molar-refractivity contribution in [3.05, 3.63) is 187 Å². The number of amidine groups is 2. The normalized spacial score (nSPS) is 14.6. The Morgan fingerprint density at radius 1 is 0.540 bits per heavy atom. The molecule has 7 aromatic carbocycles. The highest BCUT2D eigenvalue weighted by atomic mass is 32.1. The number of para-hydroxylation sites is 2. The predicted molar refractivity (Wildman–Crippen MR) is 211 cm³/mol. The summed E-state index contributed by atoms with van der Waals surface area (Å²) in [4.78, 5) is 10.3. The molecule has 0 spiro atoms. The van der Waals surface area contributed by atoms with Crippen molar-refractivity contribution in [3.8, 4) is 16.8 Å². The molecule has 0 saturated carbocycles. The molecule has 50 heavy (non-hydrogen) atoms. The number of thiophene rings is 1. The highest BCUT2D eigenvalue weighted by Crippen LogP contribution is 2.42. The van der Waals surface area contributed by atoms with Gasteiger partial charge in [0.25, 0.3) is 0 Å². The highest BCUT2D eigenvalue weighted by Gasteiger charge is 2.23. The first-order valence-corrected chi connectivity index (χ1v) is 17.7. The van der Waals surface area contributed by atoms with Gasteiger partial charge in [0.05, 0.1) is 11.0 Å². The second kappa shape index (κ2) is 11.7. The van der Waals surface area contributed by atoms with Crippen LogP contribution in [0.4, 0.5) is 0 Å². The van der Waals surface area contributed by atoms with Crippen molar-refractivity contribution in [2.45, 2.75) is 6.17 Å². The van der Waals surface area contributed by atoms with Gasteiger partial charge in [-0.15, -0.1) is 11.3 Å². The van der Waals surface area contributed by atoms with Gasteiger partial charge < -0.3 is 9.88 Å². The molecule has 1 unspecified atom stereocenters. The number of rotatable bonds is 5. The van der Waals surface area contributed by atoms with Gasteiger partial charge in [0.15, 0.2) is 5.84 Å². The van der Waals surface area contributed by atoms with E-state index < -0.39 is 0 Å². The van der Waals surface area contributed by atoms with Crippen molar-refractivity contribution in [2.75, 3.05) is 0 Å². The summed E-state index contributed by atoms with van der Waals surface area (Å²) in [6, 6.07) is 60.3. The molecule has 0 saturated heterocycles. The maximum atomic E-state index is 5.20. The van der Waals surface area contributed by atoms with Gasteiger partial charge in [-0.25, -0.2) is 9.98 Å². The monoisotopic (exact) mass is 658 g/mol. The van der Waals surface area contributed by atoms with Gasteiger partial charge in [0, 0.05) is 47.8 Å². The Morgan fingerprint density at radius 3 is 2.06 bits per heavy atom. The average Bonchev–Trinajstić information content (AvgIpc) is 3.74. The van der Waals surface area contributed by atoms with Gasteiger partial charge in [-0.2, -0.15) is 0 Å². The van der Waals surface area contributed by atoms with E-state index in [1.165, 1.54) is 53.1 Å². The third-order valence-corrected chi connectivity index (χ3v) is 10.9. The SMILES string of the molecule is c1ccc(C2=NC(c3cccc4c3sc3ccc(-c5cccc6c5c5ccccc5n6-c5ccccc5)cc34)=NC(c3ccccc3)N2)cc1. The van der Waals surface area contributed by atoms with Crippen molar-refractivity contribution < 1.29 is 0 Å². The maximum absolute atomic E-state index is 5.20. The highest BCUT2D eigenvalue weighted by molar-refractivity contribution is 7.26. The molecule has 9 aromatic rings. The van der Waals surface area contributed by atoms with E-state index in [0.717, 1.165) is 34.0 Å². The van der Waals surface area contributed by atoms with Crippen LogP contribution in [0.5, 0.6) is 0 Å². The molecule has 1 aliphatic rings. The molecule has 2 aromatic heterocycles. The molecular formula is C45H30N4S. The molecule has 0 amide bonds. The third-order valence-electron chi connectivity index (χ3n) is 9.67. The number of nitrogens with one attached hydrogen (secondary N) is 1. The first-order chi connectivity index (χ1) is 24.8. The third kappa shape index (κ3) is 4.66. The summed E-state index contributed by atoms with van der Waals surface area (Å²) in [6.07, 6.45) is -0.242. The fourth-order valence-electron chi connectivity index (χ4n) is 7.38. The molecule has 0 fully saturated rings. The Hall–Kier alpha value is -6.30. The van der Waals surface area contributed by atoms with Crippen molar-refractivity contribution in [3.63, 3.8) is 0 Å². The van der Waals surface area contributed by atoms with Gasteiger partial charge in [-0.05, 0) is 59.2 Å². The molecule has 0 radical (unpaired) electrons. The molecule has 10 rings (SSSR count). The fraction of sp³-hybridized carbons (Fsp3) is 0.0222. The van der Waals surface area contributed by atoms with Crippen LogP contribution in [0.2, 0.25) is 0 Å². The van der Waals surface area contributed by atoms with Gasteiger partial charge in [-0.3, -0.25) is 0 Å². The van der Waals surface area contributed by atoms with Crippen molar-refractivity contribution in [1.29, 1.82) is 0 Å². The van der Waals surface area contributed by atoms with Crippen molar-refractivity contribution >= 4 is 65.0 Å². The van der Waals surface area contributed by atoms with Crippen LogP contribution in [-0.2, 0) is 0 Å². The Bertz CT molecular complexity index is 2780. The second-order valence-corrected chi connectivity index (χ2v) is 13.7. The lowest BCUT2D eigenvalue weighted by Crippen LogP contribution is -2.33. The van der Waals surface area contributed by atoms with E-state index in [4.69, 9.17) is 9.98 Å². The van der Waals surface area contributed by atoms with Crippen LogP contribution in [0.15, 0.2) is 180 Å². The topological polar surface area (TPSA) is 41.7 Å². The minimum Gasteiger partial charge on any atom is -0.344 e. The van der Waals surface area contributed by atoms with Gasteiger partial charge in [0.1, 0.15) is 12.0 Å². The van der Waals surface area contributed by atoms with Crippen LogP contribution in [0, 0.1) is 0 Å². The maximum Gasteiger partial charge on any atom is 0.160 e. The minimum atomic E-state index is -0.242. The summed E-state index contributed by atoms with van der Waals surface area (Å²) >= 11 is 1.81. The number of hydrogen-bond donors (Lipinski definition) is 1. The Kier molecular flexibility index (Phi) is 6.71. The number of nitrogens with zero attached hydrogens (tertiary/aromatic N) is 3. The van der Waals surface area contributed by atoms with E-state index >= 15 is 0 Å². The van der Waals surface area contributed by atoms with Crippen molar-refractivity contribution in [1.82, 2.24) is 9.88 Å². The van der Waals surface area contributed by atoms with E-state index in [2.05, 4.69) is 155 Å². The Labute approximate surface area is 293 Å². The summed E-state index contributed by atoms with van der Waals surface area (Å²) < 4.78 is 4.82. The van der Waals surface area contributed by atoms with E-state index in [0.29, 0.717) is 0 Å². The molecule has 1 N–H and O–H groups in total. The van der Waals surface area contributed by atoms with E-state index in [9.17, 15) is 0 Å².